The van der Waals surface area contributed by atoms with Gasteiger partial charge in [-0.05, 0) is 60.4 Å². The number of hydrogen-bond acceptors (Lipinski definition) is 4. The fourth-order valence-corrected chi connectivity index (χ4v) is 4.20. The lowest BCUT2D eigenvalue weighted by Crippen LogP contribution is -2.36. The second-order valence-electron chi connectivity index (χ2n) is 8.21. The monoisotopic (exact) mass is 475 g/mol. The summed E-state index contributed by atoms with van der Waals surface area (Å²) in [5.74, 6) is 0.696. The van der Waals surface area contributed by atoms with Gasteiger partial charge in [0.05, 0.1) is 11.9 Å². The summed E-state index contributed by atoms with van der Waals surface area (Å²) in [5, 5.41) is 4.94. The standard InChI is InChI=1S/C27H23ClFN3O2/c28-21-8-10-23(11-9-21)32-27(33)26(25(18-30-32)31-16-14-22(29)15-17-31)34-24-12-6-20(7-13-24)19-4-2-1-3-5-19/h1-13,18,22H,14-17H2. The van der Waals surface area contributed by atoms with Gasteiger partial charge in [-0.25, -0.2) is 4.39 Å². The summed E-state index contributed by atoms with van der Waals surface area (Å²) in [7, 11) is 0. The van der Waals surface area contributed by atoms with Crippen molar-refractivity contribution in [2.45, 2.75) is 19.0 Å². The molecule has 1 aliphatic rings. The van der Waals surface area contributed by atoms with Crippen molar-refractivity contribution in [3.63, 3.8) is 0 Å². The zero-order valence-corrected chi connectivity index (χ0v) is 19.2. The van der Waals surface area contributed by atoms with Crippen molar-refractivity contribution in [3.8, 4) is 28.3 Å². The van der Waals surface area contributed by atoms with Crippen LogP contribution in [0.25, 0.3) is 16.8 Å². The number of rotatable bonds is 5. The Morgan fingerprint density at radius 3 is 2.21 bits per heavy atom. The Balaban J connectivity index is 1.52. The highest BCUT2D eigenvalue weighted by atomic mass is 35.5. The van der Waals surface area contributed by atoms with E-state index in [2.05, 4.69) is 5.10 Å². The molecule has 0 saturated carbocycles. The van der Waals surface area contributed by atoms with Gasteiger partial charge in [0.2, 0.25) is 5.75 Å². The van der Waals surface area contributed by atoms with Gasteiger partial charge in [0.1, 0.15) is 17.6 Å². The average Bonchev–Trinajstić information content (AvgIpc) is 2.87. The van der Waals surface area contributed by atoms with Crippen LogP contribution in [0.3, 0.4) is 0 Å². The third-order valence-electron chi connectivity index (χ3n) is 5.93. The molecule has 0 radical (unpaired) electrons. The number of halogens is 2. The molecule has 1 aromatic heterocycles. The van der Waals surface area contributed by atoms with Crippen LogP contribution in [0.1, 0.15) is 12.8 Å². The highest BCUT2D eigenvalue weighted by Crippen LogP contribution is 2.32. The third-order valence-corrected chi connectivity index (χ3v) is 6.18. The molecule has 0 N–H and O–H groups in total. The number of aromatic nitrogens is 2. The lowest BCUT2D eigenvalue weighted by atomic mass is 10.1. The number of alkyl halides is 1. The van der Waals surface area contributed by atoms with Crippen LogP contribution >= 0.6 is 11.6 Å². The summed E-state index contributed by atoms with van der Waals surface area (Å²) in [4.78, 5) is 15.5. The normalized spacial score (nSPS) is 14.2. The molecular weight excluding hydrogens is 453 g/mol. The first-order valence-electron chi connectivity index (χ1n) is 11.2. The smallest absolute Gasteiger partial charge is 0.316 e. The number of hydrogen-bond donors (Lipinski definition) is 0. The van der Waals surface area contributed by atoms with Crippen molar-refractivity contribution in [2.75, 3.05) is 18.0 Å². The van der Waals surface area contributed by atoms with Gasteiger partial charge in [0.25, 0.3) is 0 Å². The molecule has 0 amide bonds. The van der Waals surface area contributed by atoms with Crippen molar-refractivity contribution in [1.82, 2.24) is 9.78 Å². The van der Waals surface area contributed by atoms with Crippen molar-refractivity contribution in [3.05, 3.63) is 100 Å². The van der Waals surface area contributed by atoms with E-state index < -0.39 is 11.7 Å². The van der Waals surface area contributed by atoms with Crippen LogP contribution < -0.4 is 15.2 Å². The summed E-state index contributed by atoms with van der Waals surface area (Å²) < 4.78 is 21.2. The minimum absolute atomic E-state index is 0.162. The number of benzene rings is 3. The molecule has 5 rings (SSSR count). The molecule has 5 nitrogen and oxygen atoms in total. The first kappa shape index (κ1) is 22.2. The van der Waals surface area contributed by atoms with E-state index in [0.717, 1.165) is 11.1 Å². The van der Waals surface area contributed by atoms with Crippen LogP contribution in [0.2, 0.25) is 5.02 Å². The van der Waals surface area contributed by atoms with E-state index in [-0.39, 0.29) is 5.75 Å². The molecular formula is C27H23ClFN3O2. The van der Waals surface area contributed by atoms with Crippen LogP contribution in [-0.4, -0.2) is 29.0 Å². The maximum absolute atomic E-state index is 13.7. The Hall–Kier alpha value is -3.64. The Labute approximate surface area is 202 Å². The third kappa shape index (κ3) is 4.68. The summed E-state index contributed by atoms with van der Waals surface area (Å²) >= 11 is 6.00. The van der Waals surface area contributed by atoms with Gasteiger partial charge in [-0.15, -0.1) is 0 Å². The molecule has 0 aliphatic carbocycles. The minimum Gasteiger partial charge on any atom is -0.449 e. The molecule has 1 saturated heterocycles. The van der Waals surface area contributed by atoms with Gasteiger partial charge in [0.15, 0.2) is 0 Å². The van der Waals surface area contributed by atoms with E-state index in [4.69, 9.17) is 16.3 Å². The Morgan fingerprint density at radius 2 is 1.53 bits per heavy atom. The first-order chi connectivity index (χ1) is 16.6. The molecule has 0 unspecified atom stereocenters. The highest BCUT2D eigenvalue weighted by molar-refractivity contribution is 6.30. The molecule has 0 spiro atoms. The quantitative estimate of drug-likeness (QED) is 0.340. The van der Waals surface area contributed by atoms with Crippen molar-refractivity contribution < 1.29 is 9.13 Å². The van der Waals surface area contributed by atoms with Gasteiger partial charge in [-0.2, -0.15) is 9.78 Å². The molecule has 3 aromatic carbocycles. The molecule has 2 heterocycles. The second kappa shape index (κ2) is 9.69. The molecule has 0 atom stereocenters. The van der Waals surface area contributed by atoms with Crippen LogP contribution in [-0.2, 0) is 0 Å². The van der Waals surface area contributed by atoms with Gasteiger partial charge in [-0.1, -0.05) is 54.1 Å². The van der Waals surface area contributed by atoms with E-state index in [1.54, 1.807) is 30.5 Å². The van der Waals surface area contributed by atoms with Gasteiger partial charge < -0.3 is 9.64 Å². The molecule has 0 bridgehead atoms. The summed E-state index contributed by atoms with van der Waals surface area (Å²) in [6.45, 7) is 0.993. The summed E-state index contributed by atoms with van der Waals surface area (Å²) in [6.07, 6.45) is 1.60. The number of anilines is 1. The van der Waals surface area contributed by atoms with Crippen LogP contribution in [0, 0.1) is 0 Å². The number of ether oxygens (including phenoxy) is 1. The number of piperidine rings is 1. The molecule has 7 heteroatoms. The fourth-order valence-electron chi connectivity index (χ4n) is 4.07. The lowest BCUT2D eigenvalue weighted by Gasteiger charge is -2.31. The predicted molar refractivity (Wildman–Crippen MR) is 133 cm³/mol. The van der Waals surface area contributed by atoms with Gasteiger partial charge in [0, 0.05) is 18.1 Å². The van der Waals surface area contributed by atoms with E-state index in [1.165, 1.54) is 4.68 Å². The fraction of sp³-hybridized carbons (Fsp3) is 0.185. The average molecular weight is 476 g/mol. The zero-order chi connectivity index (χ0) is 23.5. The second-order valence-corrected chi connectivity index (χ2v) is 8.64. The first-order valence-corrected chi connectivity index (χ1v) is 11.6. The zero-order valence-electron chi connectivity index (χ0n) is 18.4. The van der Waals surface area contributed by atoms with Crippen LogP contribution in [0.4, 0.5) is 10.1 Å². The SMILES string of the molecule is O=c1c(Oc2ccc(-c3ccccc3)cc2)c(N2CCC(F)CC2)cnn1-c1ccc(Cl)cc1. The predicted octanol–water partition coefficient (Wildman–Crippen LogP) is 6.28. The Bertz CT molecular complexity index is 1320. The topological polar surface area (TPSA) is 47.4 Å². The molecule has 1 fully saturated rings. The Kier molecular flexibility index (Phi) is 6.32. The maximum Gasteiger partial charge on any atom is 0.316 e. The van der Waals surface area contributed by atoms with Gasteiger partial charge >= 0.3 is 5.56 Å². The summed E-state index contributed by atoms with van der Waals surface area (Å²) in [5.41, 5.74) is 2.89. The molecule has 172 valence electrons. The van der Waals surface area contributed by atoms with E-state index in [0.29, 0.717) is 48.1 Å². The van der Waals surface area contributed by atoms with E-state index >= 15 is 0 Å². The molecule has 4 aromatic rings. The van der Waals surface area contributed by atoms with Crippen molar-refractivity contribution in [2.24, 2.45) is 0 Å². The summed E-state index contributed by atoms with van der Waals surface area (Å²) in [6, 6.07) is 24.5. The van der Waals surface area contributed by atoms with Crippen molar-refractivity contribution >= 4 is 17.3 Å². The van der Waals surface area contributed by atoms with Gasteiger partial charge in [-0.3, -0.25) is 4.79 Å². The lowest BCUT2D eigenvalue weighted by molar-refractivity contribution is 0.276. The van der Waals surface area contributed by atoms with Crippen LogP contribution in [0.15, 0.2) is 89.9 Å². The largest absolute Gasteiger partial charge is 0.449 e. The maximum atomic E-state index is 13.7. The number of nitrogens with zero attached hydrogens (tertiary/aromatic N) is 3. The van der Waals surface area contributed by atoms with Crippen LogP contribution in [0.5, 0.6) is 11.5 Å². The minimum atomic E-state index is -0.825. The molecule has 34 heavy (non-hydrogen) atoms. The molecule has 1 aliphatic heterocycles. The van der Waals surface area contributed by atoms with Crippen molar-refractivity contribution in [1.29, 1.82) is 0 Å². The van der Waals surface area contributed by atoms with E-state index in [1.807, 2.05) is 59.5 Å². The highest BCUT2D eigenvalue weighted by Gasteiger charge is 2.24. The van der Waals surface area contributed by atoms with E-state index in [9.17, 15) is 9.18 Å². The Morgan fingerprint density at radius 1 is 0.882 bits per heavy atom.